The van der Waals surface area contributed by atoms with Crippen LogP contribution in [0.4, 0.5) is 5.69 Å². The number of nitrogens with zero attached hydrogens (tertiary/aromatic N) is 2. The number of aromatic nitrogens is 1. The van der Waals surface area contributed by atoms with Crippen molar-refractivity contribution in [3.8, 4) is 5.88 Å². The maximum Gasteiger partial charge on any atom is 0.258 e. The van der Waals surface area contributed by atoms with Crippen LogP contribution in [0.2, 0.25) is 0 Å². The van der Waals surface area contributed by atoms with Gasteiger partial charge in [-0.2, -0.15) is 0 Å². The molecule has 1 heterocycles. The number of H-pyrrole nitrogens is 1. The molecule has 0 saturated heterocycles. The summed E-state index contributed by atoms with van der Waals surface area (Å²) in [6.07, 6.45) is 5.53. The predicted octanol–water partition coefficient (Wildman–Crippen LogP) is 4.61. The predicted molar refractivity (Wildman–Crippen MR) is 118 cm³/mol. The van der Waals surface area contributed by atoms with Gasteiger partial charge in [-0.3, -0.25) is 19.7 Å². The Kier molecular flexibility index (Phi) is 5.76. The topological polar surface area (TPSA) is 68.7 Å². The molecule has 1 aromatic heterocycles. The van der Waals surface area contributed by atoms with Crippen LogP contribution in [0, 0.1) is 5.92 Å². The highest BCUT2D eigenvalue weighted by atomic mass is 16.3. The number of nitrogens with one attached hydrogen (secondary N) is 1. The van der Waals surface area contributed by atoms with Crippen LogP contribution in [0.1, 0.15) is 37.3 Å². The lowest BCUT2D eigenvalue weighted by Gasteiger charge is -2.21. The van der Waals surface area contributed by atoms with E-state index < -0.39 is 0 Å². The number of rotatable bonds is 8. The molecular weight excluding hydrogens is 362 g/mol. The van der Waals surface area contributed by atoms with Crippen molar-refractivity contribution in [2.45, 2.75) is 32.7 Å². The molecule has 0 aliphatic heterocycles. The van der Waals surface area contributed by atoms with E-state index in [9.17, 15) is 9.90 Å². The first-order valence-corrected chi connectivity index (χ1v) is 10.3. The van der Waals surface area contributed by atoms with E-state index in [4.69, 9.17) is 0 Å². The van der Waals surface area contributed by atoms with Gasteiger partial charge in [0.1, 0.15) is 0 Å². The first kappa shape index (κ1) is 19.4. The van der Waals surface area contributed by atoms with Crippen molar-refractivity contribution in [3.63, 3.8) is 0 Å². The Hall–Kier alpha value is -2.92. The van der Waals surface area contributed by atoms with Crippen molar-refractivity contribution in [1.29, 1.82) is 0 Å². The molecule has 150 valence electrons. The Morgan fingerprint density at radius 1 is 1.14 bits per heavy atom. The van der Waals surface area contributed by atoms with Crippen molar-refractivity contribution >= 4 is 22.7 Å². The maximum absolute atomic E-state index is 12.0. The van der Waals surface area contributed by atoms with Gasteiger partial charge in [-0.1, -0.05) is 37.3 Å². The van der Waals surface area contributed by atoms with Crippen molar-refractivity contribution < 1.29 is 5.11 Å². The average Bonchev–Trinajstić information content (AvgIpc) is 3.53. The molecule has 1 fully saturated rings. The van der Waals surface area contributed by atoms with Crippen LogP contribution in [0.5, 0.6) is 5.88 Å². The van der Waals surface area contributed by atoms with Crippen molar-refractivity contribution in [2.24, 2.45) is 10.9 Å². The third-order valence-electron chi connectivity index (χ3n) is 5.39. The minimum absolute atomic E-state index is 0.163. The van der Waals surface area contributed by atoms with Crippen LogP contribution in [0.3, 0.4) is 0 Å². The highest BCUT2D eigenvalue weighted by molar-refractivity contribution is 6.01. The van der Waals surface area contributed by atoms with Gasteiger partial charge in [0.05, 0.1) is 11.3 Å². The lowest BCUT2D eigenvalue weighted by molar-refractivity contribution is 0.255. The van der Waals surface area contributed by atoms with Crippen LogP contribution >= 0.6 is 0 Å². The molecule has 5 nitrogen and oxygen atoms in total. The largest absolute Gasteiger partial charge is 0.494 e. The van der Waals surface area contributed by atoms with Gasteiger partial charge < -0.3 is 5.11 Å². The van der Waals surface area contributed by atoms with Gasteiger partial charge in [-0.25, -0.2) is 0 Å². The first-order valence-electron chi connectivity index (χ1n) is 10.3. The Bertz CT molecular complexity index is 1070. The molecule has 1 aliphatic carbocycles. The van der Waals surface area contributed by atoms with Gasteiger partial charge in [0, 0.05) is 30.1 Å². The van der Waals surface area contributed by atoms with E-state index >= 15 is 0 Å². The molecule has 2 N–H and O–H groups in total. The van der Waals surface area contributed by atoms with Gasteiger partial charge in [0.15, 0.2) is 0 Å². The number of hydrogen-bond donors (Lipinski definition) is 2. The second-order valence-electron chi connectivity index (χ2n) is 7.87. The highest BCUT2D eigenvalue weighted by Crippen LogP contribution is 2.30. The molecule has 0 bridgehead atoms. The standard InChI is InChI=1S/C24H27N3O2/c1-2-13-27(15-17-7-8-17)16-18-9-11-19(12-10-18)25-14-22-20-5-3-4-6-21(20)23(28)26-24(22)29/h3-6,9-12,14,17H,2,7-8,13,15-16H2,1H3,(H2,26,28,29). The summed E-state index contributed by atoms with van der Waals surface area (Å²) < 4.78 is 0. The fraction of sp³-hybridized carbons (Fsp3) is 0.333. The van der Waals surface area contributed by atoms with Gasteiger partial charge in [-0.15, -0.1) is 0 Å². The minimum Gasteiger partial charge on any atom is -0.494 e. The van der Waals surface area contributed by atoms with Crippen LogP contribution in [-0.2, 0) is 6.54 Å². The lowest BCUT2D eigenvalue weighted by atomic mass is 10.1. The smallest absolute Gasteiger partial charge is 0.258 e. The van der Waals surface area contributed by atoms with Crippen LogP contribution in [0.15, 0.2) is 58.3 Å². The zero-order chi connectivity index (χ0) is 20.2. The third-order valence-corrected chi connectivity index (χ3v) is 5.39. The van der Waals surface area contributed by atoms with E-state index in [0.29, 0.717) is 16.3 Å². The molecule has 1 aliphatic rings. The molecule has 0 unspecified atom stereocenters. The number of hydrogen-bond acceptors (Lipinski definition) is 4. The summed E-state index contributed by atoms with van der Waals surface area (Å²) in [7, 11) is 0. The number of aliphatic imine (C=N–C) groups is 1. The van der Waals surface area contributed by atoms with Gasteiger partial charge in [0.25, 0.3) is 5.56 Å². The molecule has 1 saturated carbocycles. The summed E-state index contributed by atoms with van der Waals surface area (Å²) >= 11 is 0. The number of pyridine rings is 1. The summed E-state index contributed by atoms with van der Waals surface area (Å²) in [6.45, 7) is 5.54. The van der Waals surface area contributed by atoms with Gasteiger partial charge in [0.2, 0.25) is 5.88 Å². The number of aromatic hydroxyl groups is 1. The molecule has 2 aromatic carbocycles. The highest BCUT2D eigenvalue weighted by Gasteiger charge is 2.23. The maximum atomic E-state index is 12.0. The Morgan fingerprint density at radius 3 is 2.55 bits per heavy atom. The third kappa shape index (κ3) is 4.74. The molecule has 0 radical (unpaired) electrons. The van der Waals surface area contributed by atoms with Gasteiger partial charge >= 0.3 is 0 Å². The monoisotopic (exact) mass is 389 g/mol. The van der Waals surface area contributed by atoms with E-state index in [0.717, 1.165) is 24.7 Å². The van der Waals surface area contributed by atoms with Gasteiger partial charge in [-0.05, 0) is 55.5 Å². The van der Waals surface area contributed by atoms with Crippen LogP contribution in [0.25, 0.3) is 10.8 Å². The summed E-state index contributed by atoms with van der Waals surface area (Å²) in [5.41, 5.74) is 2.31. The molecule has 4 rings (SSSR count). The normalized spacial score (nSPS) is 14.3. The van der Waals surface area contributed by atoms with E-state index in [1.807, 2.05) is 24.3 Å². The van der Waals surface area contributed by atoms with Crippen LogP contribution < -0.4 is 5.56 Å². The first-order chi connectivity index (χ1) is 14.1. The molecular formula is C24H27N3O2. The Labute approximate surface area is 170 Å². The second kappa shape index (κ2) is 8.62. The molecule has 0 atom stereocenters. The summed E-state index contributed by atoms with van der Waals surface area (Å²) in [4.78, 5) is 21.5. The van der Waals surface area contributed by atoms with E-state index in [-0.39, 0.29) is 11.4 Å². The second-order valence-corrected chi connectivity index (χ2v) is 7.87. The fourth-order valence-corrected chi connectivity index (χ4v) is 3.72. The molecule has 0 spiro atoms. The average molecular weight is 389 g/mol. The molecule has 0 amide bonds. The summed E-state index contributed by atoms with van der Waals surface area (Å²) in [5.74, 6) is 0.731. The van der Waals surface area contributed by atoms with Crippen molar-refractivity contribution in [1.82, 2.24) is 9.88 Å². The molecule has 29 heavy (non-hydrogen) atoms. The number of aromatic amines is 1. The number of benzene rings is 2. The fourth-order valence-electron chi connectivity index (χ4n) is 3.72. The Morgan fingerprint density at radius 2 is 1.86 bits per heavy atom. The summed E-state index contributed by atoms with van der Waals surface area (Å²) in [5, 5.41) is 11.4. The van der Waals surface area contributed by atoms with Crippen molar-refractivity contribution in [2.75, 3.05) is 13.1 Å². The lowest BCUT2D eigenvalue weighted by Crippen LogP contribution is -2.26. The molecule has 5 heteroatoms. The van der Waals surface area contributed by atoms with Crippen molar-refractivity contribution in [3.05, 3.63) is 70.0 Å². The summed E-state index contributed by atoms with van der Waals surface area (Å²) in [6, 6.07) is 15.4. The zero-order valence-corrected chi connectivity index (χ0v) is 16.8. The SMILES string of the molecule is CCCN(Cc1ccc(N=Cc2c(O)[nH]c(=O)c3ccccc23)cc1)CC1CC1. The Balaban J connectivity index is 1.51. The minimum atomic E-state index is -0.303. The molecule has 3 aromatic rings. The number of fused-ring (bicyclic) bond motifs is 1. The van der Waals surface area contributed by atoms with Crippen LogP contribution in [-0.4, -0.2) is 34.3 Å². The quantitative estimate of drug-likeness (QED) is 0.553. The van der Waals surface area contributed by atoms with E-state index in [1.165, 1.54) is 31.4 Å². The zero-order valence-electron chi connectivity index (χ0n) is 16.8. The van der Waals surface area contributed by atoms with E-state index in [1.54, 1.807) is 18.3 Å². The van der Waals surface area contributed by atoms with E-state index in [2.05, 4.69) is 33.9 Å².